The molecule has 0 unspecified atom stereocenters. The molecule has 2 rings (SSSR count). The topological polar surface area (TPSA) is 61.4 Å². The van der Waals surface area contributed by atoms with Gasteiger partial charge in [-0.05, 0) is 28.7 Å². The molecule has 0 aliphatic carbocycles. The highest BCUT2D eigenvalue weighted by Crippen LogP contribution is 2.24. The largest absolute Gasteiger partial charge is 0.392 e. The smallest absolute Gasteiger partial charge is 0.314 e. The number of carbonyl (C=O) groups is 1. The minimum absolute atomic E-state index is 0.0535. The van der Waals surface area contributed by atoms with Crippen molar-refractivity contribution in [3.63, 3.8) is 0 Å². The third-order valence-corrected chi connectivity index (χ3v) is 3.37. The number of rotatable bonds is 5. The molecule has 0 aliphatic rings. The van der Waals surface area contributed by atoms with E-state index in [4.69, 9.17) is 5.11 Å². The maximum absolute atomic E-state index is 11.2. The van der Waals surface area contributed by atoms with Crippen molar-refractivity contribution in [2.75, 3.05) is 13.6 Å². The minimum atomic E-state index is -0.167. The zero-order valence-corrected chi connectivity index (χ0v) is 12.1. The highest BCUT2D eigenvalue weighted by Gasteiger charge is 2.05. The summed E-state index contributed by atoms with van der Waals surface area (Å²) >= 11 is 0. The average molecular weight is 284 g/mol. The van der Waals surface area contributed by atoms with E-state index in [-0.39, 0.29) is 12.6 Å². The van der Waals surface area contributed by atoms with Gasteiger partial charge in [-0.25, -0.2) is 4.79 Å². The average Bonchev–Trinajstić information content (AvgIpc) is 2.55. The first-order chi connectivity index (χ1) is 10.2. The van der Waals surface area contributed by atoms with E-state index >= 15 is 0 Å². The Morgan fingerprint density at radius 2 is 1.81 bits per heavy atom. The van der Waals surface area contributed by atoms with E-state index in [1.54, 1.807) is 7.05 Å². The molecule has 2 amide bonds. The highest BCUT2D eigenvalue weighted by atomic mass is 16.3. The number of carbonyl (C=O) groups excluding carboxylic acids is 1. The van der Waals surface area contributed by atoms with Crippen molar-refractivity contribution in [1.82, 2.24) is 10.6 Å². The molecule has 0 saturated heterocycles. The lowest BCUT2D eigenvalue weighted by Crippen LogP contribution is -2.34. The quantitative estimate of drug-likeness (QED) is 0.789. The third-order valence-electron chi connectivity index (χ3n) is 3.37. The highest BCUT2D eigenvalue weighted by molar-refractivity contribution is 5.73. The summed E-state index contributed by atoms with van der Waals surface area (Å²) < 4.78 is 0. The normalized spacial score (nSPS) is 10.2. The molecule has 4 nitrogen and oxygen atoms in total. The summed E-state index contributed by atoms with van der Waals surface area (Å²) in [5.41, 5.74) is 4.35. The van der Waals surface area contributed by atoms with Gasteiger partial charge in [0.25, 0.3) is 0 Å². The van der Waals surface area contributed by atoms with Gasteiger partial charge in [-0.3, -0.25) is 0 Å². The Morgan fingerprint density at radius 1 is 1.10 bits per heavy atom. The lowest BCUT2D eigenvalue weighted by molar-refractivity contribution is 0.243. The Labute approximate surface area is 124 Å². The van der Waals surface area contributed by atoms with Gasteiger partial charge in [-0.1, -0.05) is 48.5 Å². The van der Waals surface area contributed by atoms with Gasteiger partial charge in [0.1, 0.15) is 0 Å². The second-order valence-electron chi connectivity index (χ2n) is 4.77. The van der Waals surface area contributed by atoms with E-state index in [2.05, 4.69) is 22.8 Å². The summed E-state index contributed by atoms with van der Waals surface area (Å²) in [6.45, 7) is 0.642. The number of hydrogen-bond donors (Lipinski definition) is 3. The fourth-order valence-corrected chi connectivity index (χ4v) is 2.21. The molecule has 0 radical (unpaired) electrons. The van der Waals surface area contributed by atoms with Crippen LogP contribution in [-0.4, -0.2) is 24.7 Å². The SMILES string of the molecule is CNC(=O)NCCc1ccccc1-c1ccc(CO)cc1. The van der Waals surface area contributed by atoms with Gasteiger partial charge in [0.2, 0.25) is 0 Å². The van der Waals surface area contributed by atoms with Crippen LogP contribution in [0.3, 0.4) is 0 Å². The Morgan fingerprint density at radius 3 is 2.48 bits per heavy atom. The zero-order chi connectivity index (χ0) is 15.1. The number of aliphatic hydroxyl groups is 1. The van der Waals surface area contributed by atoms with Gasteiger partial charge in [-0.2, -0.15) is 0 Å². The molecular formula is C17H20N2O2. The van der Waals surface area contributed by atoms with Gasteiger partial charge in [-0.15, -0.1) is 0 Å². The van der Waals surface area contributed by atoms with Crippen LogP contribution in [0, 0.1) is 0 Å². The van der Waals surface area contributed by atoms with E-state index in [1.807, 2.05) is 36.4 Å². The summed E-state index contributed by atoms with van der Waals surface area (Å²) in [7, 11) is 1.60. The van der Waals surface area contributed by atoms with Crippen molar-refractivity contribution < 1.29 is 9.90 Å². The van der Waals surface area contributed by atoms with Crippen molar-refractivity contribution in [3.8, 4) is 11.1 Å². The molecule has 0 saturated carbocycles. The van der Waals surface area contributed by atoms with Crippen molar-refractivity contribution in [2.45, 2.75) is 13.0 Å². The van der Waals surface area contributed by atoms with Crippen LogP contribution in [0.1, 0.15) is 11.1 Å². The Bertz CT molecular complexity index is 594. The monoisotopic (exact) mass is 284 g/mol. The van der Waals surface area contributed by atoms with Crippen LogP contribution in [0.5, 0.6) is 0 Å². The fraction of sp³-hybridized carbons (Fsp3) is 0.235. The van der Waals surface area contributed by atoms with Gasteiger partial charge in [0.05, 0.1) is 6.61 Å². The summed E-state index contributed by atoms with van der Waals surface area (Å²) in [6, 6.07) is 15.9. The molecule has 0 aliphatic heterocycles. The van der Waals surface area contributed by atoms with Crippen LogP contribution in [0.4, 0.5) is 4.79 Å². The van der Waals surface area contributed by atoms with Gasteiger partial charge in [0.15, 0.2) is 0 Å². The zero-order valence-electron chi connectivity index (χ0n) is 12.1. The van der Waals surface area contributed by atoms with E-state index in [9.17, 15) is 4.79 Å². The lowest BCUT2D eigenvalue weighted by Gasteiger charge is -2.11. The van der Waals surface area contributed by atoms with E-state index in [0.29, 0.717) is 6.54 Å². The first kappa shape index (κ1) is 15.1. The molecule has 0 fully saturated rings. The number of nitrogens with one attached hydrogen (secondary N) is 2. The Balaban J connectivity index is 2.13. The molecule has 0 spiro atoms. The first-order valence-corrected chi connectivity index (χ1v) is 6.98. The second-order valence-corrected chi connectivity index (χ2v) is 4.77. The van der Waals surface area contributed by atoms with Crippen molar-refractivity contribution in [3.05, 3.63) is 59.7 Å². The summed E-state index contributed by atoms with van der Waals surface area (Å²) in [6.07, 6.45) is 0.769. The Kier molecular flexibility index (Phi) is 5.35. The van der Waals surface area contributed by atoms with Crippen LogP contribution < -0.4 is 10.6 Å². The van der Waals surface area contributed by atoms with Crippen molar-refractivity contribution in [1.29, 1.82) is 0 Å². The molecular weight excluding hydrogens is 264 g/mol. The van der Waals surface area contributed by atoms with Crippen molar-refractivity contribution in [2.24, 2.45) is 0 Å². The number of urea groups is 1. The van der Waals surface area contributed by atoms with E-state index in [0.717, 1.165) is 23.1 Å². The molecule has 21 heavy (non-hydrogen) atoms. The van der Waals surface area contributed by atoms with Gasteiger partial charge < -0.3 is 15.7 Å². The number of amides is 2. The number of hydrogen-bond acceptors (Lipinski definition) is 2. The molecule has 0 atom stereocenters. The molecule has 0 heterocycles. The predicted octanol–water partition coefficient (Wildman–Crippen LogP) is 2.32. The predicted molar refractivity (Wildman–Crippen MR) is 84.0 cm³/mol. The summed E-state index contributed by atoms with van der Waals surface area (Å²) in [5.74, 6) is 0. The van der Waals surface area contributed by atoms with E-state index in [1.165, 1.54) is 5.56 Å². The van der Waals surface area contributed by atoms with Crippen LogP contribution in [0.15, 0.2) is 48.5 Å². The van der Waals surface area contributed by atoms with Crippen LogP contribution in [0.2, 0.25) is 0 Å². The second kappa shape index (κ2) is 7.45. The fourth-order valence-electron chi connectivity index (χ4n) is 2.21. The number of benzene rings is 2. The molecule has 0 aromatic heterocycles. The first-order valence-electron chi connectivity index (χ1n) is 6.98. The summed E-state index contributed by atoms with van der Waals surface area (Å²) in [4.78, 5) is 11.2. The maximum atomic E-state index is 11.2. The van der Waals surface area contributed by atoms with Crippen LogP contribution in [0.25, 0.3) is 11.1 Å². The Hall–Kier alpha value is -2.33. The molecule has 0 bridgehead atoms. The molecule has 4 heteroatoms. The molecule has 110 valence electrons. The standard InChI is InChI=1S/C17H20N2O2/c1-18-17(21)19-11-10-14-4-2-3-5-16(14)15-8-6-13(12-20)7-9-15/h2-9,20H,10-12H2,1H3,(H2,18,19,21). The van der Waals surface area contributed by atoms with Gasteiger partial charge in [0, 0.05) is 13.6 Å². The summed E-state index contributed by atoms with van der Waals surface area (Å²) in [5, 5.41) is 14.4. The molecule has 3 N–H and O–H groups in total. The van der Waals surface area contributed by atoms with Crippen LogP contribution >= 0.6 is 0 Å². The maximum Gasteiger partial charge on any atom is 0.314 e. The minimum Gasteiger partial charge on any atom is -0.392 e. The number of aliphatic hydroxyl groups excluding tert-OH is 1. The van der Waals surface area contributed by atoms with Crippen LogP contribution in [-0.2, 0) is 13.0 Å². The van der Waals surface area contributed by atoms with Gasteiger partial charge >= 0.3 is 6.03 Å². The van der Waals surface area contributed by atoms with E-state index < -0.39 is 0 Å². The third kappa shape index (κ3) is 4.07. The molecule has 2 aromatic carbocycles. The lowest BCUT2D eigenvalue weighted by atomic mass is 9.97. The molecule has 2 aromatic rings. The van der Waals surface area contributed by atoms with Crippen molar-refractivity contribution >= 4 is 6.03 Å².